The molecule has 1 aliphatic carbocycles. The fourth-order valence-electron chi connectivity index (χ4n) is 3.75. The van der Waals surface area contributed by atoms with E-state index in [0.717, 1.165) is 23.5 Å². The highest BCUT2D eigenvalue weighted by molar-refractivity contribution is 7.13. The van der Waals surface area contributed by atoms with Crippen LogP contribution in [0.25, 0.3) is 0 Å². The van der Waals surface area contributed by atoms with Crippen LogP contribution >= 0.6 is 11.3 Å². The standard InChI is InChI=1S/C22H23N3S/c1-16-7-6-8-17(11-16)14-23-25-21-24-20(15-26-21)18-12-22(2,13-18)19-9-4-3-5-10-19/h3-11,14-15,18H,12-13H2,1-2H3,(H,24,25)/b23-14+. The lowest BCUT2D eigenvalue weighted by atomic mass is 9.59. The van der Waals surface area contributed by atoms with Gasteiger partial charge in [-0.1, -0.05) is 67.1 Å². The van der Waals surface area contributed by atoms with E-state index in [1.54, 1.807) is 11.3 Å². The van der Waals surface area contributed by atoms with Crippen LogP contribution in [0.3, 0.4) is 0 Å². The van der Waals surface area contributed by atoms with Crippen molar-refractivity contribution in [3.63, 3.8) is 0 Å². The van der Waals surface area contributed by atoms with Crippen molar-refractivity contribution in [1.29, 1.82) is 0 Å². The molecule has 1 heterocycles. The van der Waals surface area contributed by atoms with Gasteiger partial charge in [-0.05, 0) is 36.3 Å². The molecule has 26 heavy (non-hydrogen) atoms. The minimum Gasteiger partial charge on any atom is -0.253 e. The Morgan fingerprint density at radius 1 is 1.15 bits per heavy atom. The molecule has 1 saturated carbocycles. The van der Waals surface area contributed by atoms with Crippen LogP contribution < -0.4 is 5.43 Å². The number of hydrogen-bond donors (Lipinski definition) is 1. The highest BCUT2D eigenvalue weighted by Gasteiger charge is 2.42. The molecule has 1 N–H and O–H groups in total. The molecule has 3 nitrogen and oxygen atoms in total. The van der Waals surface area contributed by atoms with Gasteiger partial charge in [0.15, 0.2) is 0 Å². The van der Waals surface area contributed by atoms with E-state index >= 15 is 0 Å². The lowest BCUT2D eigenvalue weighted by molar-refractivity contribution is 0.222. The zero-order valence-electron chi connectivity index (χ0n) is 15.1. The Kier molecular flexibility index (Phi) is 4.60. The SMILES string of the molecule is Cc1cccc(/C=N/Nc2nc(C3CC(C)(c4ccccc4)C3)cs2)c1. The maximum absolute atomic E-state index is 4.73. The molecule has 0 amide bonds. The molecule has 0 atom stereocenters. The molecule has 3 aromatic rings. The molecule has 0 saturated heterocycles. The topological polar surface area (TPSA) is 37.3 Å². The average Bonchev–Trinajstić information content (AvgIpc) is 3.08. The molecule has 1 aliphatic rings. The third kappa shape index (κ3) is 3.56. The molecule has 0 aliphatic heterocycles. The minimum absolute atomic E-state index is 0.284. The van der Waals surface area contributed by atoms with Crippen molar-refractivity contribution in [2.24, 2.45) is 5.10 Å². The summed E-state index contributed by atoms with van der Waals surface area (Å²) in [7, 11) is 0. The molecule has 0 radical (unpaired) electrons. The molecule has 2 aromatic carbocycles. The third-order valence-corrected chi connectivity index (χ3v) is 5.99. The summed E-state index contributed by atoms with van der Waals surface area (Å²) >= 11 is 1.63. The normalized spacial score (nSPS) is 22.3. The van der Waals surface area contributed by atoms with E-state index in [0.29, 0.717) is 5.92 Å². The van der Waals surface area contributed by atoms with E-state index in [4.69, 9.17) is 4.98 Å². The Bertz CT molecular complexity index is 908. The molecule has 0 spiro atoms. The number of thiazole rings is 1. The summed E-state index contributed by atoms with van der Waals surface area (Å²) in [5.41, 5.74) is 8.30. The quantitative estimate of drug-likeness (QED) is 0.465. The maximum Gasteiger partial charge on any atom is 0.203 e. The van der Waals surface area contributed by atoms with Crippen LogP contribution in [-0.4, -0.2) is 11.2 Å². The van der Waals surface area contributed by atoms with Crippen molar-refractivity contribution in [2.75, 3.05) is 5.43 Å². The maximum atomic E-state index is 4.73. The number of anilines is 1. The van der Waals surface area contributed by atoms with Gasteiger partial charge in [0.1, 0.15) is 0 Å². The number of nitrogens with zero attached hydrogens (tertiary/aromatic N) is 2. The summed E-state index contributed by atoms with van der Waals surface area (Å²) in [5, 5.41) is 7.34. The van der Waals surface area contributed by atoms with E-state index in [1.807, 2.05) is 18.3 Å². The molecule has 4 heteroatoms. The van der Waals surface area contributed by atoms with Crippen LogP contribution in [-0.2, 0) is 5.41 Å². The fraction of sp³-hybridized carbons (Fsp3) is 0.273. The molecule has 0 unspecified atom stereocenters. The monoisotopic (exact) mass is 361 g/mol. The van der Waals surface area contributed by atoms with Crippen molar-refractivity contribution in [2.45, 2.75) is 38.0 Å². The van der Waals surface area contributed by atoms with E-state index in [9.17, 15) is 0 Å². The average molecular weight is 362 g/mol. The third-order valence-electron chi connectivity index (χ3n) is 5.22. The van der Waals surface area contributed by atoms with Crippen LogP contribution in [0.1, 0.15) is 48.1 Å². The van der Waals surface area contributed by atoms with Gasteiger partial charge < -0.3 is 0 Å². The van der Waals surface area contributed by atoms with Gasteiger partial charge in [-0.3, -0.25) is 5.43 Å². The lowest BCUT2D eigenvalue weighted by Gasteiger charge is -2.45. The van der Waals surface area contributed by atoms with Crippen LogP contribution in [0.15, 0.2) is 65.1 Å². The van der Waals surface area contributed by atoms with Crippen molar-refractivity contribution < 1.29 is 0 Å². The number of hydrogen-bond acceptors (Lipinski definition) is 4. The number of hydrazone groups is 1. The summed E-state index contributed by atoms with van der Waals surface area (Å²) < 4.78 is 0. The van der Waals surface area contributed by atoms with Gasteiger partial charge in [0, 0.05) is 11.3 Å². The van der Waals surface area contributed by atoms with Crippen molar-refractivity contribution >= 4 is 22.7 Å². The van der Waals surface area contributed by atoms with Crippen LogP contribution in [0.4, 0.5) is 5.13 Å². The largest absolute Gasteiger partial charge is 0.253 e. The molecule has 1 fully saturated rings. The summed E-state index contributed by atoms with van der Waals surface area (Å²) in [6, 6.07) is 19.1. The van der Waals surface area contributed by atoms with E-state index in [1.165, 1.54) is 16.8 Å². The Hall–Kier alpha value is -2.46. The summed E-state index contributed by atoms with van der Waals surface area (Å²) in [5.74, 6) is 0.549. The fourth-order valence-corrected chi connectivity index (χ4v) is 4.49. The van der Waals surface area contributed by atoms with Crippen LogP contribution in [0.2, 0.25) is 0 Å². The molecule has 0 bridgehead atoms. The van der Waals surface area contributed by atoms with E-state index in [2.05, 4.69) is 72.2 Å². The van der Waals surface area contributed by atoms with Gasteiger partial charge >= 0.3 is 0 Å². The first kappa shape index (κ1) is 17.0. The van der Waals surface area contributed by atoms with Gasteiger partial charge in [0.05, 0.1) is 11.9 Å². The second-order valence-electron chi connectivity index (χ2n) is 7.39. The van der Waals surface area contributed by atoms with Crippen molar-refractivity contribution in [1.82, 2.24) is 4.98 Å². The summed E-state index contributed by atoms with van der Waals surface area (Å²) in [6.45, 7) is 4.44. The molecular formula is C22H23N3S. The molecular weight excluding hydrogens is 338 g/mol. The second kappa shape index (κ2) is 7.04. The first-order valence-electron chi connectivity index (χ1n) is 8.99. The van der Waals surface area contributed by atoms with Gasteiger partial charge in [-0.2, -0.15) is 5.10 Å². The van der Waals surface area contributed by atoms with E-state index < -0.39 is 0 Å². The number of nitrogens with one attached hydrogen (secondary N) is 1. The Labute approximate surface area is 158 Å². The first-order valence-corrected chi connectivity index (χ1v) is 9.87. The highest BCUT2D eigenvalue weighted by Crippen LogP contribution is 2.52. The molecule has 132 valence electrons. The van der Waals surface area contributed by atoms with Crippen molar-refractivity contribution in [3.8, 4) is 0 Å². The smallest absolute Gasteiger partial charge is 0.203 e. The van der Waals surface area contributed by atoms with Crippen LogP contribution in [0.5, 0.6) is 0 Å². The number of benzene rings is 2. The van der Waals surface area contributed by atoms with Crippen molar-refractivity contribution in [3.05, 3.63) is 82.4 Å². The van der Waals surface area contributed by atoms with Gasteiger partial charge in [-0.25, -0.2) is 4.98 Å². The Balaban J connectivity index is 1.36. The van der Waals surface area contributed by atoms with E-state index in [-0.39, 0.29) is 5.41 Å². The molecule has 4 rings (SSSR count). The zero-order chi connectivity index (χ0) is 18.0. The van der Waals surface area contributed by atoms with Crippen LogP contribution in [0, 0.1) is 6.92 Å². The summed E-state index contributed by atoms with van der Waals surface area (Å²) in [6.07, 6.45) is 4.16. The molecule has 1 aromatic heterocycles. The second-order valence-corrected chi connectivity index (χ2v) is 8.25. The minimum atomic E-state index is 0.284. The predicted molar refractivity (Wildman–Crippen MR) is 110 cm³/mol. The number of aryl methyl sites for hydroxylation is 1. The number of aromatic nitrogens is 1. The zero-order valence-corrected chi connectivity index (χ0v) is 16.0. The summed E-state index contributed by atoms with van der Waals surface area (Å²) in [4.78, 5) is 4.73. The predicted octanol–water partition coefficient (Wildman–Crippen LogP) is 5.73. The Morgan fingerprint density at radius 2 is 1.96 bits per heavy atom. The first-order chi connectivity index (χ1) is 12.6. The highest BCUT2D eigenvalue weighted by atomic mass is 32.1. The van der Waals surface area contributed by atoms with Gasteiger partial charge in [-0.15, -0.1) is 11.3 Å². The number of rotatable bonds is 5. The van der Waals surface area contributed by atoms with Gasteiger partial charge in [0.25, 0.3) is 0 Å². The lowest BCUT2D eigenvalue weighted by Crippen LogP contribution is -2.37. The Morgan fingerprint density at radius 3 is 2.73 bits per heavy atom. The van der Waals surface area contributed by atoms with Gasteiger partial charge in [0.2, 0.25) is 5.13 Å².